The van der Waals surface area contributed by atoms with Gasteiger partial charge in [0.1, 0.15) is 0 Å². The molecule has 0 bridgehead atoms. The molecule has 0 amide bonds. The molecule has 1 N–H and O–H groups in total. The van der Waals surface area contributed by atoms with Crippen LogP contribution >= 0.6 is 0 Å². The van der Waals surface area contributed by atoms with E-state index >= 15 is 0 Å². The number of Topliss-reactive ketones (excluding diaryl/α,β-unsaturated/α-hetero) is 1. The Hall–Kier alpha value is -1.19. The second kappa shape index (κ2) is 5.23. The third kappa shape index (κ3) is 2.68. The second-order valence-electron chi connectivity index (χ2n) is 4.11. The van der Waals surface area contributed by atoms with Crippen LogP contribution in [0.5, 0.6) is 0 Å². The Morgan fingerprint density at radius 3 is 2.81 bits per heavy atom. The fourth-order valence-electron chi connectivity index (χ4n) is 1.94. The summed E-state index contributed by atoms with van der Waals surface area (Å²) in [5.74, 6) is 0.0338. The Labute approximate surface area is 95.0 Å². The summed E-state index contributed by atoms with van der Waals surface area (Å²) in [5.41, 5.74) is 0.684. The van der Waals surface area contributed by atoms with Gasteiger partial charge in [-0.2, -0.15) is 0 Å². The summed E-state index contributed by atoms with van der Waals surface area (Å²) in [7, 11) is 0. The number of hydrogen-bond acceptors (Lipinski definition) is 3. The van der Waals surface area contributed by atoms with Crippen LogP contribution in [0.1, 0.15) is 29.6 Å². The fourth-order valence-corrected chi connectivity index (χ4v) is 1.94. The molecule has 1 heterocycles. The zero-order valence-electron chi connectivity index (χ0n) is 9.13. The maximum Gasteiger partial charge on any atom is 0.165 e. The van der Waals surface area contributed by atoms with Crippen molar-refractivity contribution >= 4 is 5.78 Å². The summed E-state index contributed by atoms with van der Waals surface area (Å²) < 4.78 is 5.41. The van der Waals surface area contributed by atoms with Gasteiger partial charge < -0.3 is 9.84 Å². The minimum absolute atomic E-state index is 0.0338. The Balaban J connectivity index is 1.96. The minimum atomic E-state index is -0.499. The van der Waals surface area contributed by atoms with Gasteiger partial charge in [-0.25, -0.2) is 0 Å². The van der Waals surface area contributed by atoms with Gasteiger partial charge in [0.05, 0.1) is 12.2 Å². The van der Waals surface area contributed by atoms with E-state index in [1.54, 1.807) is 12.1 Å². The van der Waals surface area contributed by atoms with Crippen LogP contribution in [-0.4, -0.2) is 29.7 Å². The SMILES string of the molecule is O=C(C[C@@H]1OCCC[C@H]1O)c1ccccc1. The molecule has 3 heteroatoms. The highest BCUT2D eigenvalue weighted by molar-refractivity contribution is 5.96. The van der Waals surface area contributed by atoms with Crippen LogP contribution in [-0.2, 0) is 4.74 Å². The number of carbonyl (C=O) groups is 1. The monoisotopic (exact) mass is 220 g/mol. The van der Waals surface area contributed by atoms with Crippen molar-refractivity contribution in [1.29, 1.82) is 0 Å². The Morgan fingerprint density at radius 1 is 1.38 bits per heavy atom. The van der Waals surface area contributed by atoms with Crippen molar-refractivity contribution in [3.63, 3.8) is 0 Å². The summed E-state index contributed by atoms with van der Waals surface area (Å²) in [6.45, 7) is 0.643. The van der Waals surface area contributed by atoms with Crippen LogP contribution in [0.15, 0.2) is 30.3 Å². The van der Waals surface area contributed by atoms with Crippen LogP contribution in [0.2, 0.25) is 0 Å². The first kappa shape index (κ1) is 11.3. The van der Waals surface area contributed by atoms with E-state index in [4.69, 9.17) is 4.74 Å². The van der Waals surface area contributed by atoms with Gasteiger partial charge in [0.25, 0.3) is 0 Å². The third-order valence-electron chi connectivity index (χ3n) is 2.89. The van der Waals surface area contributed by atoms with Crippen molar-refractivity contribution in [3.8, 4) is 0 Å². The molecule has 2 atom stereocenters. The molecular weight excluding hydrogens is 204 g/mol. The van der Waals surface area contributed by atoms with E-state index in [1.807, 2.05) is 18.2 Å². The standard InChI is InChI=1S/C13H16O3/c14-11-7-4-8-16-13(11)9-12(15)10-5-2-1-3-6-10/h1-3,5-6,11,13-14H,4,7-9H2/t11-,13+/m1/s1. The molecule has 0 aliphatic carbocycles. The average molecular weight is 220 g/mol. The van der Waals surface area contributed by atoms with Gasteiger partial charge >= 0.3 is 0 Å². The molecule has 1 aliphatic heterocycles. The van der Waals surface area contributed by atoms with Gasteiger partial charge in [0, 0.05) is 18.6 Å². The molecule has 0 saturated carbocycles. The number of hydrogen-bond donors (Lipinski definition) is 1. The maximum atomic E-state index is 11.9. The summed E-state index contributed by atoms with van der Waals surface area (Å²) in [6, 6.07) is 9.13. The lowest BCUT2D eigenvalue weighted by atomic mass is 9.98. The quantitative estimate of drug-likeness (QED) is 0.790. The lowest BCUT2D eigenvalue weighted by Gasteiger charge is -2.27. The first-order valence-corrected chi connectivity index (χ1v) is 5.65. The maximum absolute atomic E-state index is 11.9. The summed E-state index contributed by atoms with van der Waals surface area (Å²) in [5, 5.41) is 9.69. The molecule has 1 aliphatic rings. The number of aliphatic hydroxyl groups excluding tert-OH is 1. The van der Waals surface area contributed by atoms with E-state index in [2.05, 4.69) is 0 Å². The predicted octanol–water partition coefficient (Wildman–Crippen LogP) is 1.80. The van der Waals surface area contributed by atoms with Crippen molar-refractivity contribution in [2.45, 2.75) is 31.5 Å². The van der Waals surface area contributed by atoms with Crippen molar-refractivity contribution in [3.05, 3.63) is 35.9 Å². The highest BCUT2D eigenvalue weighted by Gasteiger charge is 2.26. The van der Waals surface area contributed by atoms with E-state index in [0.29, 0.717) is 12.2 Å². The minimum Gasteiger partial charge on any atom is -0.390 e. The van der Waals surface area contributed by atoms with Crippen molar-refractivity contribution in [2.75, 3.05) is 6.61 Å². The molecule has 1 saturated heterocycles. The zero-order chi connectivity index (χ0) is 11.4. The molecule has 16 heavy (non-hydrogen) atoms. The molecule has 86 valence electrons. The molecule has 0 spiro atoms. The topological polar surface area (TPSA) is 46.5 Å². The number of benzene rings is 1. The molecule has 0 aromatic heterocycles. The first-order chi connectivity index (χ1) is 7.77. The number of rotatable bonds is 3. The van der Waals surface area contributed by atoms with Crippen molar-refractivity contribution in [1.82, 2.24) is 0 Å². The highest BCUT2D eigenvalue weighted by atomic mass is 16.5. The second-order valence-corrected chi connectivity index (χ2v) is 4.11. The average Bonchev–Trinajstić information content (AvgIpc) is 2.33. The lowest BCUT2D eigenvalue weighted by molar-refractivity contribution is -0.0724. The highest BCUT2D eigenvalue weighted by Crippen LogP contribution is 2.18. The van der Waals surface area contributed by atoms with Crippen LogP contribution < -0.4 is 0 Å². The molecule has 1 aromatic rings. The summed E-state index contributed by atoms with van der Waals surface area (Å²) in [6.07, 6.45) is 1.04. The van der Waals surface area contributed by atoms with Crippen LogP contribution in [0.4, 0.5) is 0 Å². The van der Waals surface area contributed by atoms with Crippen molar-refractivity contribution in [2.24, 2.45) is 0 Å². The van der Waals surface area contributed by atoms with E-state index in [-0.39, 0.29) is 18.3 Å². The first-order valence-electron chi connectivity index (χ1n) is 5.65. The van der Waals surface area contributed by atoms with E-state index < -0.39 is 6.10 Å². The number of carbonyl (C=O) groups excluding carboxylic acids is 1. The molecular formula is C13H16O3. The zero-order valence-corrected chi connectivity index (χ0v) is 9.13. The normalized spacial score (nSPS) is 25.3. The van der Waals surface area contributed by atoms with Crippen LogP contribution in [0.25, 0.3) is 0 Å². The number of aliphatic hydroxyl groups is 1. The van der Waals surface area contributed by atoms with Gasteiger partial charge in [-0.1, -0.05) is 30.3 Å². The summed E-state index contributed by atoms with van der Waals surface area (Å²) >= 11 is 0. The molecule has 2 rings (SSSR count). The molecule has 3 nitrogen and oxygen atoms in total. The number of ketones is 1. The van der Waals surface area contributed by atoms with Gasteiger partial charge in [-0.05, 0) is 12.8 Å². The van der Waals surface area contributed by atoms with Crippen LogP contribution in [0, 0.1) is 0 Å². The van der Waals surface area contributed by atoms with E-state index in [0.717, 1.165) is 12.8 Å². The smallest absolute Gasteiger partial charge is 0.165 e. The van der Waals surface area contributed by atoms with Crippen molar-refractivity contribution < 1.29 is 14.6 Å². The molecule has 0 unspecified atom stereocenters. The molecule has 1 aromatic carbocycles. The number of ether oxygens (including phenoxy) is 1. The van der Waals surface area contributed by atoms with E-state index in [9.17, 15) is 9.90 Å². The third-order valence-corrected chi connectivity index (χ3v) is 2.89. The lowest BCUT2D eigenvalue weighted by Crippen LogP contribution is -2.35. The predicted molar refractivity (Wildman–Crippen MR) is 60.4 cm³/mol. The Bertz CT molecular complexity index is 347. The molecule has 1 fully saturated rings. The largest absolute Gasteiger partial charge is 0.390 e. The van der Waals surface area contributed by atoms with E-state index in [1.165, 1.54) is 0 Å². The Morgan fingerprint density at radius 2 is 2.12 bits per heavy atom. The fraction of sp³-hybridized carbons (Fsp3) is 0.462. The Kier molecular flexibility index (Phi) is 3.70. The van der Waals surface area contributed by atoms with Gasteiger partial charge in [-0.15, -0.1) is 0 Å². The van der Waals surface area contributed by atoms with Gasteiger partial charge in [0.2, 0.25) is 0 Å². The van der Waals surface area contributed by atoms with Gasteiger partial charge in [-0.3, -0.25) is 4.79 Å². The summed E-state index contributed by atoms with van der Waals surface area (Å²) in [4.78, 5) is 11.9. The van der Waals surface area contributed by atoms with Crippen LogP contribution in [0.3, 0.4) is 0 Å². The van der Waals surface area contributed by atoms with Gasteiger partial charge in [0.15, 0.2) is 5.78 Å². The molecule has 0 radical (unpaired) electrons.